The number of hydrogen-bond donors (Lipinski definition) is 1. The van der Waals surface area contributed by atoms with Gasteiger partial charge in [0.2, 0.25) is 0 Å². The monoisotopic (exact) mass is 387 g/mol. The molecule has 5 heteroatoms. The van der Waals surface area contributed by atoms with Gasteiger partial charge in [0.25, 0.3) is 0 Å². The molecular formula is C23H30FNO3. The molecular weight excluding hydrogens is 357 g/mol. The lowest BCUT2D eigenvalue weighted by atomic mass is 10.0. The van der Waals surface area contributed by atoms with Gasteiger partial charge in [-0.3, -0.25) is 9.69 Å². The summed E-state index contributed by atoms with van der Waals surface area (Å²) in [5.74, 6) is -0.562. The lowest BCUT2D eigenvalue weighted by Gasteiger charge is -2.26. The Labute approximate surface area is 166 Å². The van der Waals surface area contributed by atoms with Crippen LogP contribution in [-0.2, 0) is 22.6 Å². The van der Waals surface area contributed by atoms with Crippen molar-refractivity contribution in [3.05, 3.63) is 70.5 Å². The van der Waals surface area contributed by atoms with Crippen molar-refractivity contribution in [3.8, 4) is 0 Å². The fraction of sp³-hybridized carbons (Fsp3) is 0.435. The summed E-state index contributed by atoms with van der Waals surface area (Å²) in [6.07, 6.45) is 0.291. The summed E-state index contributed by atoms with van der Waals surface area (Å²) in [5, 5.41) is 10.4. The normalized spacial score (nSPS) is 12.2. The van der Waals surface area contributed by atoms with Crippen LogP contribution in [0.2, 0.25) is 0 Å². The number of aryl methyl sites for hydroxylation is 2. The third kappa shape index (κ3) is 7.41. The van der Waals surface area contributed by atoms with Gasteiger partial charge >= 0.3 is 5.97 Å². The third-order valence-corrected chi connectivity index (χ3v) is 4.57. The van der Waals surface area contributed by atoms with E-state index in [4.69, 9.17) is 4.74 Å². The lowest BCUT2D eigenvalue weighted by molar-refractivity contribution is -0.147. The van der Waals surface area contributed by atoms with Crippen molar-refractivity contribution in [1.29, 1.82) is 0 Å². The standard InChI is InChI=1S/C23H30FNO3/c1-4-5-23(27)28-16-22(26)15-25(13-19-7-10-21(24)11-8-19)14-20-9-6-17(2)12-18(20)3/h6-12,22,26H,4-5,13-16H2,1-3H3/t22-/m0/s1. The molecule has 0 fully saturated rings. The number of hydrogen-bond acceptors (Lipinski definition) is 4. The van der Waals surface area contributed by atoms with Gasteiger partial charge in [0.15, 0.2) is 0 Å². The lowest BCUT2D eigenvalue weighted by Crippen LogP contribution is -2.35. The predicted molar refractivity (Wildman–Crippen MR) is 108 cm³/mol. The van der Waals surface area contributed by atoms with E-state index in [0.29, 0.717) is 26.1 Å². The number of aliphatic hydroxyl groups excluding tert-OH is 1. The average molecular weight is 387 g/mol. The SMILES string of the molecule is CCCC(=O)OC[C@@H](O)CN(Cc1ccc(F)cc1)Cc1ccc(C)cc1C. The fourth-order valence-electron chi connectivity index (χ4n) is 3.11. The molecule has 0 saturated heterocycles. The van der Waals surface area contributed by atoms with Crippen LogP contribution in [0.4, 0.5) is 4.39 Å². The molecule has 0 bridgehead atoms. The van der Waals surface area contributed by atoms with Gasteiger partial charge in [0.1, 0.15) is 18.5 Å². The largest absolute Gasteiger partial charge is 0.463 e. The molecule has 0 aromatic heterocycles. The topological polar surface area (TPSA) is 49.8 Å². The van der Waals surface area contributed by atoms with E-state index in [0.717, 1.165) is 12.0 Å². The maximum Gasteiger partial charge on any atom is 0.305 e. The predicted octanol–water partition coefficient (Wildman–Crippen LogP) is 4.15. The summed E-state index contributed by atoms with van der Waals surface area (Å²) in [5.41, 5.74) is 4.52. The van der Waals surface area contributed by atoms with E-state index in [2.05, 4.69) is 36.9 Å². The Kier molecular flexibility index (Phi) is 8.61. The second kappa shape index (κ2) is 10.9. The van der Waals surface area contributed by atoms with Gasteiger partial charge < -0.3 is 9.84 Å². The molecule has 0 aliphatic rings. The third-order valence-electron chi connectivity index (χ3n) is 4.57. The number of aliphatic hydroxyl groups is 1. The maximum atomic E-state index is 13.2. The number of rotatable bonds is 10. The van der Waals surface area contributed by atoms with Crippen molar-refractivity contribution in [2.75, 3.05) is 13.2 Å². The maximum absolute atomic E-state index is 13.2. The van der Waals surface area contributed by atoms with E-state index in [-0.39, 0.29) is 18.4 Å². The highest BCUT2D eigenvalue weighted by Crippen LogP contribution is 2.16. The zero-order valence-corrected chi connectivity index (χ0v) is 17.0. The highest BCUT2D eigenvalue weighted by atomic mass is 19.1. The molecule has 0 saturated carbocycles. The Morgan fingerprint density at radius 1 is 1.14 bits per heavy atom. The number of halogens is 1. The van der Waals surface area contributed by atoms with Gasteiger partial charge in [-0.2, -0.15) is 0 Å². The number of carbonyl (C=O) groups excluding carboxylic acids is 1. The molecule has 2 aromatic carbocycles. The zero-order chi connectivity index (χ0) is 20.5. The van der Waals surface area contributed by atoms with Gasteiger partial charge in [-0.25, -0.2) is 4.39 Å². The Bertz CT molecular complexity index is 761. The van der Waals surface area contributed by atoms with Gasteiger partial charge in [0.05, 0.1) is 0 Å². The molecule has 2 rings (SSSR count). The van der Waals surface area contributed by atoms with E-state index >= 15 is 0 Å². The van der Waals surface area contributed by atoms with Gasteiger partial charge in [-0.05, 0) is 49.1 Å². The molecule has 1 N–H and O–H groups in total. The van der Waals surface area contributed by atoms with Crippen LogP contribution in [0, 0.1) is 19.7 Å². The summed E-state index contributed by atoms with van der Waals surface area (Å²) in [6, 6.07) is 12.7. The fourth-order valence-corrected chi connectivity index (χ4v) is 3.11. The summed E-state index contributed by atoms with van der Waals surface area (Å²) in [4.78, 5) is 13.6. The molecule has 0 radical (unpaired) electrons. The summed E-state index contributed by atoms with van der Waals surface area (Å²) in [6.45, 7) is 7.57. The Hall–Kier alpha value is -2.24. The Morgan fingerprint density at radius 3 is 2.50 bits per heavy atom. The van der Waals surface area contributed by atoms with Crippen molar-refractivity contribution in [1.82, 2.24) is 4.90 Å². The first-order valence-corrected chi connectivity index (χ1v) is 9.74. The van der Waals surface area contributed by atoms with Crippen LogP contribution < -0.4 is 0 Å². The van der Waals surface area contributed by atoms with Crippen LogP contribution in [0.1, 0.15) is 42.0 Å². The van der Waals surface area contributed by atoms with Crippen molar-refractivity contribution in [3.63, 3.8) is 0 Å². The quantitative estimate of drug-likeness (QED) is 0.622. The molecule has 0 aliphatic carbocycles. The highest BCUT2D eigenvalue weighted by molar-refractivity contribution is 5.69. The molecule has 2 aromatic rings. The molecule has 0 heterocycles. The number of ether oxygens (including phenoxy) is 1. The first kappa shape index (κ1) is 22.1. The summed E-state index contributed by atoms with van der Waals surface area (Å²) in [7, 11) is 0. The average Bonchev–Trinajstić information content (AvgIpc) is 2.64. The van der Waals surface area contributed by atoms with Crippen LogP contribution >= 0.6 is 0 Å². The van der Waals surface area contributed by atoms with E-state index in [9.17, 15) is 14.3 Å². The van der Waals surface area contributed by atoms with E-state index in [1.54, 1.807) is 12.1 Å². The summed E-state index contributed by atoms with van der Waals surface area (Å²) >= 11 is 0. The second-order valence-electron chi connectivity index (χ2n) is 7.31. The molecule has 0 amide bonds. The van der Waals surface area contributed by atoms with Gasteiger partial charge in [0, 0.05) is 26.1 Å². The van der Waals surface area contributed by atoms with Crippen molar-refractivity contribution in [2.45, 2.75) is 52.8 Å². The van der Waals surface area contributed by atoms with Crippen molar-refractivity contribution < 1.29 is 19.0 Å². The minimum atomic E-state index is -0.785. The molecule has 152 valence electrons. The molecule has 0 unspecified atom stereocenters. The van der Waals surface area contributed by atoms with Crippen LogP contribution in [0.3, 0.4) is 0 Å². The molecule has 28 heavy (non-hydrogen) atoms. The van der Waals surface area contributed by atoms with Crippen LogP contribution in [0.5, 0.6) is 0 Å². The molecule has 0 spiro atoms. The van der Waals surface area contributed by atoms with Crippen LogP contribution in [0.15, 0.2) is 42.5 Å². The van der Waals surface area contributed by atoms with E-state index in [1.165, 1.54) is 28.8 Å². The molecule has 0 aliphatic heterocycles. The number of esters is 1. The Balaban J connectivity index is 2.06. The van der Waals surface area contributed by atoms with Gasteiger partial charge in [-0.1, -0.05) is 42.8 Å². The summed E-state index contributed by atoms with van der Waals surface area (Å²) < 4.78 is 18.3. The minimum absolute atomic E-state index is 0.0222. The first-order chi connectivity index (χ1) is 13.4. The minimum Gasteiger partial charge on any atom is -0.463 e. The smallest absolute Gasteiger partial charge is 0.305 e. The zero-order valence-electron chi connectivity index (χ0n) is 17.0. The van der Waals surface area contributed by atoms with Crippen LogP contribution in [0.25, 0.3) is 0 Å². The highest BCUT2D eigenvalue weighted by Gasteiger charge is 2.16. The molecule has 1 atom stereocenters. The van der Waals surface area contributed by atoms with E-state index < -0.39 is 6.10 Å². The van der Waals surface area contributed by atoms with Gasteiger partial charge in [-0.15, -0.1) is 0 Å². The number of benzene rings is 2. The van der Waals surface area contributed by atoms with E-state index in [1.807, 2.05) is 6.92 Å². The first-order valence-electron chi connectivity index (χ1n) is 9.74. The second-order valence-corrected chi connectivity index (χ2v) is 7.31. The Morgan fingerprint density at radius 2 is 1.86 bits per heavy atom. The van der Waals surface area contributed by atoms with Crippen molar-refractivity contribution >= 4 is 5.97 Å². The molecule has 4 nitrogen and oxygen atoms in total. The number of carbonyl (C=O) groups is 1. The number of nitrogens with zero attached hydrogens (tertiary/aromatic N) is 1. The van der Waals surface area contributed by atoms with Crippen molar-refractivity contribution in [2.24, 2.45) is 0 Å². The van der Waals surface area contributed by atoms with Crippen LogP contribution in [-0.4, -0.2) is 35.2 Å².